The van der Waals surface area contributed by atoms with E-state index >= 15 is 0 Å². The van der Waals surface area contributed by atoms with Gasteiger partial charge in [0.15, 0.2) is 0 Å². The Morgan fingerprint density at radius 1 is 0.310 bits per heavy atom. The van der Waals surface area contributed by atoms with Crippen molar-refractivity contribution in [3.8, 4) is 23.0 Å². The summed E-state index contributed by atoms with van der Waals surface area (Å²) in [7, 11) is 0. The molecule has 0 aliphatic carbocycles. The summed E-state index contributed by atoms with van der Waals surface area (Å²) in [6, 6.07) is 53.4. The zero-order valence-corrected chi connectivity index (χ0v) is 25.8. The summed E-state index contributed by atoms with van der Waals surface area (Å²) in [4.78, 5) is 0. The molecule has 6 aromatic carbocycles. The predicted molar refractivity (Wildman–Crippen MR) is 179 cm³/mol. The Hall–Kier alpha value is -4.38. The summed E-state index contributed by atoms with van der Waals surface area (Å²) in [5, 5.41) is 0. The van der Waals surface area contributed by atoms with Gasteiger partial charge in [-0.2, -0.15) is 0 Å². The van der Waals surface area contributed by atoms with E-state index in [2.05, 4.69) is 105 Å². The molecule has 2 nitrogen and oxygen atoms in total. The van der Waals surface area contributed by atoms with Gasteiger partial charge in [0.2, 0.25) is 0 Å². The van der Waals surface area contributed by atoms with Crippen molar-refractivity contribution < 1.29 is 9.47 Å². The first-order valence-corrected chi connectivity index (χ1v) is 15.1. The van der Waals surface area contributed by atoms with E-state index in [4.69, 9.17) is 9.47 Å². The maximum absolute atomic E-state index is 6.12. The smallest absolute Gasteiger partial charge is 0.127 e. The standard InChI is InChI=1S/C38H26Br2O2/c39-31-15-23-35(24-16-31)41-33-19-11-29(12-20-33)37(27-7-3-1-4-8-27)38(28-9-5-2-6-10-28)30-13-21-34(22-14-30)42-36-25-17-32(40)18-26-36/h1-26H. The van der Waals surface area contributed by atoms with Crippen LogP contribution in [0.3, 0.4) is 0 Å². The van der Waals surface area contributed by atoms with Crippen LogP contribution in [0.4, 0.5) is 0 Å². The molecule has 6 rings (SSSR count). The number of rotatable bonds is 8. The molecule has 6 aromatic rings. The lowest BCUT2D eigenvalue weighted by Gasteiger charge is -2.19. The Morgan fingerprint density at radius 3 is 0.881 bits per heavy atom. The molecule has 0 amide bonds. The van der Waals surface area contributed by atoms with Crippen LogP contribution in [0.5, 0.6) is 23.0 Å². The molecule has 0 bridgehead atoms. The molecule has 0 N–H and O–H groups in total. The summed E-state index contributed by atoms with van der Waals surface area (Å²) >= 11 is 6.96. The highest BCUT2D eigenvalue weighted by Gasteiger charge is 2.17. The minimum Gasteiger partial charge on any atom is -0.457 e. The Labute approximate surface area is 263 Å². The molecular formula is C38H26Br2O2. The predicted octanol–water partition coefficient (Wildman–Crippen LogP) is 11.8. The molecular weight excluding hydrogens is 648 g/mol. The molecule has 0 fully saturated rings. The molecule has 42 heavy (non-hydrogen) atoms. The Morgan fingerprint density at radius 2 is 0.571 bits per heavy atom. The van der Waals surface area contributed by atoms with E-state index in [-0.39, 0.29) is 0 Å². The lowest BCUT2D eigenvalue weighted by molar-refractivity contribution is 0.482. The summed E-state index contributed by atoms with van der Waals surface area (Å²) < 4.78 is 14.3. The molecule has 0 unspecified atom stereocenters. The van der Waals surface area contributed by atoms with Gasteiger partial charge in [-0.1, -0.05) is 117 Å². The second-order valence-corrected chi connectivity index (χ2v) is 11.5. The molecule has 0 saturated carbocycles. The van der Waals surface area contributed by atoms with Crippen LogP contribution in [0.15, 0.2) is 167 Å². The second-order valence-electron chi connectivity index (χ2n) is 9.64. The van der Waals surface area contributed by atoms with Gasteiger partial charge in [-0.3, -0.25) is 0 Å². The van der Waals surface area contributed by atoms with Crippen LogP contribution >= 0.6 is 31.9 Å². The van der Waals surface area contributed by atoms with Crippen molar-refractivity contribution in [3.63, 3.8) is 0 Å². The van der Waals surface area contributed by atoms with Crippen LogP contribution in [-0.4, -0.2) is 0 Å². The molecule has 0 atom stereocenters. The van der Waals surface area contributed by atoms with E-state index < -0.39 is 0 Å². The van der Waals surface area contributed by atoms with Crippen molar-refractivity contribution in [2.24, 2.45) is 0 Å². The van der Waals surface area contributed by atoms with Crippen LogP contribution in [0.1, 0.15) is 22.3 Å². The first-order chi connectivity index (χ1) is 20.6. The van der Waals surface area contributed by atoms with Crippen molar-refractivity contribution in [3.05, 3.63) is 189 Å². The quantitative estimate of drug-likeness (QED) is 0.150. The molecule has 0 aliphatic heterocycles. The van der Waals surface area contributed by atoms with Crippen LogP contribution in [0, 0.1) is 0 Å². The Balaban J connectivity index is 1.43. The van der Waals surface area contributed by atoms with Gasteiger partial charge >= 0.3 is 0 Å². The van der Waals surface area contributed by atoms with Crippen molar-refractivity contribution in [2.45, 2.75) is 0 Å². The van der Waals surface area contributed by atoms with Crippen LogP contribution in [-0.2, 0) is 0 Å². The second kappa shape index (κ2) is 13.1. The molecule has 0 heterocycles. The molecule has 0 aromatic heterocycles. The summed E-state index contributed by atoms with van der Waals surface area (Å²) in [5.41, 5.74) is 6.73. The SMILES string of the molecule is Brc1ccc(Oc2ccc(C(=C(c3ccccc3)c3ccc(Oc4ccc(Br)cc4)cc3)c3ccccc3)cc2)cc1. The molecule has 0 radical (unpaired) electrons. The van der Waals surface area contributed by atoms with Gasteiger partial charge in [-0.25, -0.2) is 0 Å². The monoisotopic (exact) mass is 672 g/mol. The summed E-state index contributed by atoms with van der Waals surface area (Å²) in [6.07, 6.45) is 0. The highest BCUT2D eigenvalue weighted by molar-refractivity contribution is 9.10. The summed E-state index contributed by atoms with van der Waals surface area (Å²) in [6.45, 7) is 0. The molecule has 204 valence electrons. The van der Waals surface area contributed by atoms with E-state index in [9.17, 15) is 0 Å². The van der Waals surface area contributed by atoms with E-state index in [0.29, 0.717) is 0 Å². The minimum absolute atomic E-state index is 0.782. The average Bonchev–Trinajstić information content (AvgIpc) is 3.04. The topological polar surface area (TPSA) is 18.5 Å². The van der Waals surface area contributed by atoms with Crippen LogP contribution < -0.4 is 9.47 Å². The first-order valence-electron chi connectivity index (χ1n) is 13.6. The molecule has 0 spiro atoms. The third-order valence-electron chi connectivity index (χ3n) is 6.76. The van der Waals surface area contributed by atoms with Gasteiger partial charge < -0.3 is 9.47 Å². The van der Waals surface area contributed by atoms with Gasteiger partial charge in [-0.15, -0.1) is 0 Å². The fraction of sp³-hybridized carbons (Fsp3) is 0. The molecule has 0 aliphatic rings. The van der Waals surface area contributed by atoms with Gasteiger partial charge in [0.1, 0.15) is 23.0 Å². The normalized spacial score (nSPS) is 11.5. The highest BCUT2D eigenvalue weighted by atomic mass is 79.9. The molecule has 4 heteroatoms. The fourth-order valence-electron chi connectivity index (χ4n) is 4.78. The van der Waals surface area contributed by atoms with Gasteiger partial charge in [0, 0.05) is 8.95 Å². The van der Waals surface area contributed by atoms with Crippen LogP contribution in [0.2, 0.25) is 0 Å². The van der Waals surface area contributed by atoms with Crippen molar-refractivity contribution in [1.82, 2.24) is 0 Å². The largest absolute Gasteiger partial charge is 0.457 e. The molecule has 0 saturated heterocycles. The Kier molecular flexibility index (Phi) is 8.64. The lowest BCUT2D eigenvalue weighted by Crippen LogP contribution is -1.98. The lowest BCUT2D eigenvalue weighted by atomic mass is 9.86. The third-order valence-corrected chi connectivity index (χ3v) is 7.82. The van der Waals surface area contributed by atoms with Crippen molar-refractivity contribution in [2.75, 3.05) is 0 Å². The van der Waals surface area contributed by atoms with Gasteiger partial charge in [0.05, 0.1) is 0 Å². The number of hydrogen-bond acceptors (Lipinski definition) is 2. The highest BCUT2D eigenvalue weighted by Crippen LogP contribution is 2.38. The zero-order valence-electron chi connectivity index (χ0n) is 22.6. The maximum atomic E-state index is 6.12. The van der Waals surface area contributed by atoms with E-state index in [1.165, 1.54) is 0 Å². The van der Waals surface area contributed by atoms with E-state index in [0.717, 1.165) is 65.3 Å². The summed E-state index contributed by atoms with van der Waals surface area (Å²) in [5.74, 6) is 3.15. The number of halogens is 2. The van der Waals surface area contributed by atoms with Crippen molar-refractivity contribution in [1.29, 1.82) is 0 Å². The van der Waals surface area contributed by atoms with Crippen molar-refractivity contribution >= 4 is 43.0 Å². The third kappa shape index (κ3) is 6.73. The average molecular weight is 674 g/mol. The minimum atomic E-state index is 0.782. The number of ether oxygens (including phenoxy) is 2. The number of benzene rings is 6. The van der Waals surface area contributed by atoms with Gasteiger partial charge in [0.25, 0.3) is 0 Å². The fourth-order valence-corrected chi connectivity index (χ4v) is 5.31. The maximum Gasteiger partial charge on any atom is 0.127 e. The number of hydrogen-bond donors (Lipinski definition) is 0. The van der Waals surface area contributed by atoms with E-state index in [1.54, 1.807) is 0 Å². The van der Waals surface area contributed by atoms with Crippen LogP contribution in [0.25, 0.3) is 11.1 Å². The van der Waals surface area contributed by atoms with Gasteiger partial charge in [-0.05, 0) is 106 Å². The first kappa shape index (κ1) is 27.8. The zero-order chi connectivity index (χ0) is 28.7. The Bertz CT molecular complexity index is 1640. The van der Waals surface area contributed by atoms with E-state index in [1.807, 2.05) is 84.9 Å².